The van der Waals surface area contributed by atoms with Crippen LogP contribution in [-0.4, -0.2) is 59.8 Å². The van der Waals surface area contributed by atoms with Gasteiger partial charge in [0.15, 0.2) is 0 Å². The van der Waals surface area contributed by atoms with E-state index < -0.39 is 36.3 Å². The van der Waals surface area contributed by atoms with Crippen molar-refractivity contribution in [2.45, 2.75) is 76.3 Å². The molecule has 0 aromatic heterocycles. The van der Waals surface area contributed by atoms with Gasteiger partial charge in [0.25, 0.3) is 0 Å². The van der Waals surface area contributed by atoms with Crippen molar-refractivity contribution in [2.24, 2.45) is 11.8 Å². The molecule has 2 aliphatic rings. The molecule has 2 aromatic carbocycles. The molecular weight excluding hydrogens is 484 g/mol. The second-order valence-corrected chi connectivity index (χ2v) is 10.9. The quantitative estimate of drug-likeness (QED) is 0.358. The Bertz CT molecular complexity index is 1060. The van der Waals surface area contributed by atoms with Gasteiger partial charge >= 0.3 is 6.09 Å². The first kappa shape index (κ1) is 28.1. The third-order valence-electron chi connectivity index (χ3n) is 7.38. The Kier molecular flexibility index (Phi) is 9.77. The fourth-order valence-corrected chi connectivity index (χ4v) is 5.42. The van der Waals surface area contributed by atoms with Crippen molar-refractivity contribution in [3.63, 3.8) is 0 Å². The highest BCUT2D eigenvalue weighted by atomic mass is 16.6. The van der Waals surface area contributed by atoms with E-state index in [4.69, 9.17) is 9.47 Å². The standard InChI is InChI=1S/C30H40N2O6/c1-19(2)14-25(31-30(36)38-23-12-13-37-18-23)26(33)17-22(15-20-8-4-3-5-9-20)29(35)32-28-24-11-7-6-10-21(24)16-27(28)34/h3-11,19,22-23,25-28,33-34H,12-18H2,1-2H3,(H,31,36)(H,32,35)/t22-,23+,25+,26+,27-,28+/m1/s1. The molecular formula is C30H40N2O6. The highest BCUT2D eigenvalue weighted by Crippen LogP contribution is 2.32. The molecule has 4 rings (SSSR count). The lowest BCUT2D eigenvalue weighted by atomic mass is 9.88. The summed E-state index contributed by atoms with van der Waals surface area (Å²) in [5, 5.41) is 27.9. The third-order valence-corrected chi connectivity index (χ3v) is 7.38. The Balaban J connectivity index is 1.47. The number of carbonyl (C=O) groups is 2. The largest absolute Gasteiger partial charge is 0.444 e. The lowest BCUT2D eigenvalue weighted by Gasteiger charge is -2.29. The molecule has 0 saturated carbocycles. The van der Waals surface area contributed by atoms with Crippen LogP contribution in [0.4, 0.5) is 4.79 Å². The van der Waals surface area contributed by atoms with Gasteiger partial charge in [0.1, 0.15) is 6.10 Å². The molecule has 0 spiro atoms. The lowest BCUT2D eigenvalue weighted by molar-refractivity contribution is -0.127. The third kappa shape index (κ3) is 7.56. The van der Waals surface area contributed by atoms with Crippen LogP contribution < -0.4 is 10.6 Å². The van der Waals surface area contributed by atoms with Crippen molar-refractivity contribution in [2.75, 3.05) is 13.2 Å². The maximum Gasteiger partial charge on any atom is 0.407 e. The van der Waals surface area contributed by atoms with Crippen LogP contribution in [-0.2, 0) is 27.1 Å². The van der Waals surface area contributed by atoms with Crippen molar-refractivity contribution < 1.29 is 29.3 Å². The molecule has 2 aromatic rings. The van der Waals surface area contributed by atoms with Crippen LogP contribution in [0.2, 0.25) is 0 Å². The van der Waals surface area contributed by atoms with Crippen molar-refractivity contribution in [1.82, 2.24) is 10.6 Å². The van der Waals surface area contributed by atoms with Crippen LogP contribution >= 0.6 is 0 Å². The topological polar surface area (TPSA) is 117 Å². The molecule has 38 heavy (non-hydrogen) atoms. The molecule has 6 atom stereocenters. The summed E-state index contributed by atoms with van der Waals surface area (Å²) in [5.41, 5.74) is 2.92. The van der Waals surface area contributed by atoms with Crippen LogP contribution in [0.15, 0.2) is 54.6 Å². The highest BCUT2D eigenvalue weighted by molar-refractivity contribution is 5.80. The van der Waals surface area contributed by atoms with Crippen LogP contribution in [0.1, 0.15) is 55.8 Å². The van der Waals surface area contributed by atoms with E-state index in [-0.39, 0.29) is 24.3 Å². The zero-order chi connectivity index (χ0) is 27.1. The van der Waals surface area contributed by atoms with Crippen molar-refractivity contribution in [1.29, 1.82) is 0 Å². The summed E-state index contributed by atoms with van der Waals surface area (Å²) in [6, 6.07) is 16.3. The molecule has 0 unspecified atom stereocenters. The fourth-order valence-electron chi connectivity index (χ4n) is 5.42. The lowest BCUT2D eigenvalue weighted by Crippen LogP contribution is -2.47. The molecule has 0 radical (unpaired) electrons. The van der Waals surface area contributed by atoms with E-state index in [1.807, 2.05) is 68.4 Å². The van der Waals surface area contributed by atoms with E-state index in [0.717, 1.165) is 16.7 Å². The van der Waals surface area contributed by atoms with Gasteiger partial charge in [0.05, 0.1) is 37.5 Å². The Morgan fingerprint density at radius 3 is 2.53 bits per heavy atom. The van der Waals surface area contributed by atoms with Gasteiger partial charge in [0, 0.05) is 18.8 Å². The Hall–Kier alpha value is -2.94. The molecule has 1 heterocycles. The van der Waals surface area contributed by atoms with Gasteiger partial charge in [-0.1, -0.05) is 68.4 Å². The first-order valence-corrected chi connectivity index (χ1v) is 13.6. The second kappa shape index (κ2) is 13.2. The van der Waals surface area contributed by atoms with Gasteiger partial charge in [0.2, 0.25) is 5.91 Å². The van der Waals surface area contributed by atoms with Crippen molar-refractivity contribution in [3.05, 3.63) is 71.3 Å². The Labute approximate surface area is 224 Å². The molecule has 206 valence electrons. The van der Waals surface area contributed by atoms with E-state index in [1.165, 1.54) is 0 Å². The summed E-state index contributed by atoms with van der Waals surface area (Å²) in [4.78, 5) is 26.2. The zero-order valence-corrected chi connectivity index (χ0v) is 22.2. The van der Waals surface area contributed by atoms with Crippen LogP contribution in [0.5, 0.6) is 0 Å². The Morgan fingerprint density at radius 1 is 1.08 bits per heavy atom. The van der Waals surface area contributed by atoms with Gasteiger partial charge < -0.3 is 30.3 Å². The molecule has 1 aliphatic heterocycles. The minimum Gasteiger partial charge on any atom is -0.444 e. The maximum atomic E-state index is 13.6. The van der Waals surface area contributed by atoms with E-state index in [0.29, 0.717) is 38.9 Å². The average molecular weight is 525 g/mol. The van der Waals surface area contributed by atoms with Gasteiger partial charge in [-0.3, -0.25) is 4.79 Å². The summed E-state index contributed by atoms with van der Waals surface area (Å²) in [6.45, 7) is 4.97. The summed E-state index contributed by atoms with van der Waals surface area (Å²) < 4.78 is 10.7. The van der Waals surface area contributed by atoms with Gasteiger partial charge in [-0.2, -0.15) is 0 Å². The second-order valence-electron chi connectivity index (χ2n) is 10.9. The molecule has 8 heteroatoms. The molecule has 0 bridgehead atoms. The van der Waals surface area contributed by atoms with Crippen molar-refractivity contribution >= 4 is 12.0 Å². The fraction of sp³-hybridized carbons (Fsp3) is 0.533. The van der Waals surface area contributed by atoms with Gasteiger partial charge in [-0.25, -0.2) is 4.79 Å². The number of ether oxygens (including phenoxy) is 2. The SMILES string of the molecule is CC(C)C[C@H](NC(=O)O[C@H]1CCOC1)[C@@H](O)C[C@@H](Cc1ccccc1)C(=O)N[C@H]1c2ccccc2C[C@H]1O. The molecule has 8 nitrogen and oxygen atoms in total. The number of fused-ring (bicyclic) bond motifs is 1. The Morgan fingerprint density at radius 2 is 1.82 bits per heavy atom. The number of hydrogen-bond acceptors (Lipinski definition) is 6. The summed E-state index contributed by atoms with van der Waals surface area (Å²) in [7, 11) is 0. The summed E-state index contributed by atoms with van der Waals surface area (Å²) >= 11 is 0. The molecule has 1 aliphatic carbocycles. The average Bonchev–Trinajstić information content (AvgIpc) is 3.51. The van der Waals surface area contributed by atoms with Gasteiger partial charge in [-0.05, 0) is 41.9 Å². The number of amides is 2. The number of carbonyl (C=O) groups excluding carboxylic acids is 2. The number of nitrogens with one attached hydrogen (secondary N) is 2. The first-order valence-electron chi connectivity index (χ1n) is 13.6. The number of benzene rings is 2. The predicted octanol–water partition coefficient (Wildman–Crippen LogP) is 3.30. The molecule has 4 N–H and O–H groups in total. The number of aliphatic hydroxyl groups is 2. The minimum atomic E-state index is -0.968. The zero-order valence-electron chi connectivity index (χ0n) is 22.2. The summed E-state index contributed by atoms with van der Waals surface area (Å²) in [6.07, 6.45) is -0.298. The normalized spacial score (nSPS) is 22.9. The van der Waals surface area contributed by atoms with Gasteiger partial charge in [-0.15, -0.1) is 0 Å². The first-order chi connectivity index (χ1) is 18.3. The molecule has 1 saturated heterocycles. The predicted molar refractivity (Wildman–Crippen MR) is 143 cm³/mol. The number of rotatable bonds is 11. The number of aliphatic hydroxyl groups excluding tert-OH is 2. The highest BCUT2D eigenvalue weighted by Gasteiger charge is 2.35. The number of alkyl carbamates (subject to hydrolysis) is 1. The van der Waals surface area contributed by atoms with Crippen molar-refractivity contribution in [3.8, 4) is 0 Å². The maximum absolute atomic E-state index is 13.6. The van der Waals surface area contributed by atoms with E-state index in [1.54, 1.807) is 0 Å². The number of hydrogen-bond donors (Lipinski definition) is 4. The van der Waals surface area contributed by atoms with Crippen LogP contribution in [0.25, 0.3) is 0 Å². The van der Waals surface area contributed by atoms with E-state index in [9.17, 15) is 19.8 Å². The van der Waals surface area contributed by atoms with Crippen LogP contribution in [0, 0.1) is 11.8 Å². The monoisotopic (exact) mass is 524 g/mol. The smallest absolute Gasteiger partial charge is 0.407 e. The summed E-state index contributed by atoms with van der Waals surface area (Å²) in [5.74, 6) is -0.595. The van der Waals surface area contributed by atoms with E-state index >= 15 is 0 Å². The minimum absolute atomic E-state index is 0.148. The van der Waals surface area contributed by atoms with Crippen LogP contribution in [0.3, 0.4) is 0 Å². The van der Waals surface area contributed by atoms with E-state index in [2.05, 4.69) is 10.6 Å². The molecule has 2 amide bonds. The molecule has 1 fully saturated rings.